The Morgan fingerprint density at radius 3 is 2.36 bits per heavy atom. The molecule has 134 valence electrons. The highest BCUT2D eigenvalue weighted by molar-refractivity contribution is 5.80. The van der Waals surface area contributed by atoms with Crippen LogP contribution in [0.5, 0.6) is 0 Å². The molecule has 3 aromatic carbocycles. The molecule has 0 aliphatic heterocycles. The van der Waals surface area contributed by atoms with Crippen molar-refractivity contribution in [2.75, 3.05) is 5.32 Å². The Labute approximate surface area is 162 Å². The molecule has 0 bridgehead atoms. The number of hydrogen-bond acceptors (Lipinski definition) is 3. The van der Waals surface area contributed by atoms with Gasteiger partial charge < -0.3 is 10.3 Å². The van der Waals surface area contributed by atoms with Crippen LogP contribution < -0.4 is 5.32 Å². The minimum absolute atomic E-state index is 0.872. The molecule has 0 atom stereocenters. The van der Waals surface area contributed by atoms with Gasteiger partial charge in [0.25, 0.3) is 0 Å². The summed E-state index contributed by atoms with van der Waals surface area (Å²) in [5, 5.41) is 3.47. The van der Waals surface area contributed by atoms with Gasteiger partial charge in [-0.15, -0.1) is 0 Å². The summed E-state index contributed by atoms with van der Waals surface area (Å²) < 4.78 is 0. The maximum absolute atomic E-state index is 4.69. The van der Waals surface area contributed by atoms with Gasteiger partial charge >= 0.3 is 0 Å². The lowest BCUT2D eigenvalue weighted by atomic mass is 10.1. The second-order valence-corrected chi connectivity index (χ2v) is 6.63. The van der Waals surface area contributed by atoms with Gasteiger partial charge in [-0.3, -0.25) is 4.98 Å². The molecule has 4 heteroatoms. The summed E-state index contributed by atoms with van der Waals surface area (Å²) in [6, 6.07) is 28.7. The van der Waals surface area contributed by atoms with Crippen LogP contribution in [0.4, 0.5) is 11.4 Å². The SMILES string of the molecule is c1cncc(-c2ccc(Nc3cccc(-c4nc5ccccc5[nH]4)c3)cc2)c1. The Kier molecular flexibility index (Phi) is 4.07. The number of para-hydroxylation sites is 2. The molecular formula is C24H18N4. The number of benzene rings is 3. The van der Waals surface area contributed by atoms with E-state index < -0.39 is 0 Å². The van der Waals surface area contributed by atoms with E-state index in [-0.39, 0.29) is 0 Å². The van der Waals surface area contributed by atoms with Crippen molar-refractivity contribution in [1.29, 1.82) is 0 Å². The van der Waals surface area contributed by atoms with Crippen molar-refractivity contribution in [3.63, 3.8) is 0 Å². The summed E-state index contributed by atoms with van der Waals surface area (Å²) in [7, 11) is 0. The van der Waals surface area contributed by atoms with Gasteiger partial charge in [-0.05, 0) is 53.6 Å². The quantitative estimate of drug-likeness (QED) is 0.410. The van der Waals surface area contributed by atoms with E-state index in [2.05, 4.69) is 68.8 Å². The minimum Gasteiger partial charge on any atom is -0.356 e. The lowest BCUT2D eigenvalue weighted by molar-refractivity contribution is 1.33. The lowest BCUT2D eigenvalue weighted by Gasteiger charge is -2.09. The molecule has 2 heterocycles. The molecule has 0 aliphatic carbocycles. The molecule has 5 rings (SSSR count). The van der Waals surface area contributed by atoms with Crippen molar-refractivity contribution in [2.45, 2.75) is 0 Å². The Morgan fingerprint density at radius 2 is 1.54 bits per heavy atom. The molecular weight excluding hydrogens is 344 g/mol. The van der Waals surface area contributed by atoms with Crippen molar-refractivity contribution < 1.29 is 0 Å². The topological polar surface area (TPSA) is 53.6 Å². The maximum Gasteiger partial charge on any atom is 0.138 e. The fourth-order valence-corrected chi connectivity index (χ4v) is 3.28. The van der Waals surface area contributed by atoms with Gasteiger partial charge in [0, 0.05) is 29.3 Å². The highest BCUT2D eigenvalue weighted by Crippen LogP contribution is 2.26. The molecule has 0 unspecified atom stereocenters. The van der Waals surface area contributed by atoms with Crippen molar-refractivity contribution in [2.24, 2.45) is 0 Å². The molecule has 0 fully saturated rings. The fourth-order valence-electron chi connectivity index (χ4n) is 3.28. The third-order valence-corrected chi connectivity index (χ3v) is 4.69. The van der Waals surface area contributed by atoms with Crippen LogP contribution in [0.1, 0.15) is 0 Å². The zero-order valence-electron chi connectivity index (χ0n) is 15.1. The van der Waals surface area contributed by atoms with Gasteiger partial charge in [-0.1, -0.05) is 42.5 Å². The predicted octanol–water partition coefficient (Wildman–Crippen LogP) is 6.04. The van der Waals surface area contributed by atoms with E-state index in [1.54, 1.807) is 6.20 Å². The van der Waals surface area contributed by atoms with Crippen molar-refractivity contribution >= 4 is 22.4 Å². The van der Waals surface area contributed by atoms with Crippen LogP contribution in [0.15, 0.2) is 97.3 Å². The standard InChI is InChI=1S/C24H18N4/c1-2-9-23-22(8-1)27-24(28-23)18-5-3-7-21(15-18)26-20-12-10-17(11-13-20)19-6-4-14-25-16-19/h1-16,26H,(H,27,28). The van der Waals surface area contributed by atoms with Crippen molar-refractivity contribution in [3.8, 4) is 22.5 Å². The number of rotatable bonds is 4. The molecule has 0 radical (unpaired) electrons. The van der Waals surface area contributed by atoms with Gasteiger partial charge in [0.05, 0.1) is 11.0 Å². The number of pyridine rings is 1. The largest absolute Gasteiger partial charge is 0.356 e. The van der Waals surface area contributed by atoms with Crippen LogP contribution in [0.2, 0.25) is 0 Å². The summed E-state index contributed by atoms with van der Waals surface area (Å²) in [6.07, 6.45) is 3.66. The van der Waals surface area contributed by atoms with Crippen molar-refractivity contribution in [1.82, 2.24) is 15.0 Å². The van der Waals surface area contributed by atoms with Gasteiger partial charge in [-0.25, -0.2) is 4.98 Å². The molecule has 0 aliphatic rings. The molecule has 2 aromatic heterocycles. The average molecular weight is 362 g/mol. The first-order valence-corrected chi connectivity index (χ1v) is 9.18. The molecule has 0 saturated carbocycles. The second kappa shape index (κ2) is 7.00. The number of imidazole rings is 1. The molecule has 0 amide bonds. The Morgan fingerprint density at radius 1 is 0.679 bits per heavy atom. The number of hydrogen-bond donors (Lipinski definition) is 2. The predicted molar refractivity (Wildman–Crippen MR) is 114 cm³/mol. The Bertz CT molecular complexity index is 1190. The zero-order chi connectivity index (χ0) is 18.8. The van der Waals surface area contributed by atoms with E-state index in [9.17, 15) is 0 Å². The summed E-state index contributed by atoms with van der Waals surface area (Å²) in [5.74, 6) is 0.872. The zero-order valence-corrected chi connectivity index (χ0v) is 15.1. The van der Waals surface area contributed by atoms with E-state index >= 15 is 0 Å². The number of aromatic nitrogens is 3. The first-order valence-electron chi connectivity index (χ1n) is 9.18. The van der Waals surface area contributed by atoms with E-state index in [0.717, 1.165) is 44.9 Å². The van der Waals surface area contributed by atoms with Gasteiger partial charge in [0.15, 0.2) is 0 Å². The highest BCUT2D eigenvalue weighted by Gasteiger charge is 2.06. The third kappa shape index (κ3) is 3.23. The number of aromatic amines is 1. The number of nitrogens with one attached hydrogen (secondary N) is 2. The normalized spacial score (nSPS) is 10.9. The van der Waals surface area contributed by atoms with Crippen LogP contribution in [0, 0.1) is 0 Å². The first-order chi connectivity index (χ1) is 13.8. The summed E-state index contributed by atoms with van der Waals surface area (Å²) in [4.78, 5) is 12.3. The number of H-pyrrole nitrogens is 1. The average Bonchev–Trinajstić information content (AvgIpc) is 3.20. The molecule has 0 spiro atoms. The minimum atomic E-state index is 0.872. The van der Waals surface area contributed by atoms with E-state index in [1.807, 2.05) is 42.6 Å². The molecule has 28 heavy (non-hydrogen) atoms. The van der Waals surface area contributed by atoms with Crippen LogP contribution in [0.25, 0.3) is 33.5 Å². The summed E-state index contributed by atoms with van der Waals surface area (Å²) in [6.45, 7) is 0. The van der Waals surface area contributed by atoms with Crippen LogP contribution in [-0.4, -0.2) is 15.0 Å². The van der Waals surface area contributed by atoms with Crippen LogP contribution >= 0.6 is 0 Å². The molecule has 5 aromatic rings. The van der Waals surface area contributed by atoms with Gasteiger partial charge in [0.2, 0.25) is 0 Å². The monoisotopic (exact) mass is 362 g/mol. The summed E-state index contributed by atoms with van der Waals surface area (Å²) in [5.41, 5.74) is 7.38. The van der Waals surface area contributed by atoms with Crippen LogP contribution in [0.3, 0.4) is 0 Å². The number of anilines is 2. The Balaban J connectivity index is 1.39. The summed E-state index contributed by atoms with van der Waals surface area (Å²) >= 11 is 0. The van der Waals surface area contributed by atoms with Gasteiger partial charge in [0.1, 0.15) is 5.82 Å². The fraction of sp³-hybridized carbons (Fsp3) is 0. The number of nitrogens with zero attached hydrogens (tertiary/aromatic N) is 2. The Hall–Kier alpha value is -3.92. The van der Waals surface area contributed by atoms with E-state index in [4.69, 9.17) is 0 Å². The van der Waals surface area contributed by atoms with Crippen LogP contribution in [-0.2, 0) is 0 Å². The van der Waals surface area contributed by atoms with E-state index in [0.29, 0.717) is 0 Å². The van der Waals surface area contributed by atoms with Crippen molar-refractivity contribution in [3.05, 3.63) is 97.3 Å². The number of fused-ring (bicyclic) bond motifs is 1. The maximum atomic E-state index is 4.69. The lowest BCUT2D eigenvalue weighted by Crippen LogP contribution is -1.91. The molecule has 2 N–H and O–H groups in total. The smallest absolute Gasteiger partial charge is 0.138 e. The van der Waals surface area contributed by atoms with Gasteiger partial charge in [-0.2, -0.15) is 0 Å². The highest BCUT2D eigenvalue weighted by atomic mass is 14.9. The van der Waals surface area contributed by atoms with E-state index in [1.165, 1.54) is 0 Å². The first kappa shape index (κ1) is 16.3. The second-order valence-electron chi connectivity index (χ2n) is 6.63. The third-order valence-electron chi connectivity index (χ3n) is 4.69. The molecule has 0 saturated heterocycles. The molecule has 4 nitrogen and oxygen atoms in total.